The van der Waals surface area contributed by atoms with Gasteiger partial charge in [-0.1, -0.05) is 0 Å². The van der Waals surface area contributed by atoms with E-state index >= 15 is 0 Å². The highest BCUT2D eigenvalue weighted by atomic mass is 14.9. The van der Waals surface area contributed by atoms with Crippen LogP contribution in [0.25, 0.3) is 0 Å². The third-order valence-corrected chi connectivity index (χ3v) is 2.77. The number of hydrogen-bond donors (Lipinski definition) is 2. The molecule has 76 valence electrons. The maximum Gasteiger partial charge on any atom is 0.0270 e. The van der Waals surface area contributed by atoms with Gasteiger partial charge < -0.3 is 11.1 Å². The van der Waals surface area contributed by atoms with Crippen molar-refractivity contribution in [3.8, 4) is 0 Å². The van der Waals surface area contributed by atoms with Crippen LogP contribution in [0.2, 0.25) is 0 Å². The molecule has 3 N–H and O–H groups in total. The summed E-state index contributed by atoms with van der Waals surface area (Å²) in [5.41, 5.74) is 7.05. The Morgan fingerprint density at radius 3 is 2.71 bits per heavy atom. The summed E-state index contributed by atoms with van der Waals surface area (Å²) in [6, 6.07) is 5.22. The molecule has 1 aromatic heterocycles. The van der Waals surface area contributed by atoms with Crippen LogP contribution in [0.5, 0.6) is 0 Å². The van der Waals surface area contributed by atoms with Gasteiger partial charge in [0.1, 0.15) is 0 Å². The van der Waals surface area contributed by atoms with E-state index in [1.807, 2.05) is 12.4 Å². The highest BCUT2D eigenvalue weighted by molar-refractivity contribution is 5.09. The molecule has 3 heteroatoms. The summed E-state index contributed by atoms with van der Waals surface area (Å²) in [7, 11) is 0. The molecule has 1 aliphatic carbocycles. The normalized spacial score (nSPS) is 25.8. The van der Waals surface area contributed by atoms with Crippen LogP contribution >= 0.6 is 0 Å². The molecule has 0 bridgehead atoms. The van der Waals surface area contributed by atoms with Crippen molar-refractivity contribution in [2.45, 2.75) is 31.3 Å². The number of hydrogen-bond acceptors (Lipinski definition) is 3. The SMILES string of the molecule is NC1CC(NCCc2ccncc2)C1. The summed E-state index contributed by atoms with van der Waals surface area (Å²) in [6.45, 7) is 1.04. The number of nitrogens with two attached hydrogens (primary N) is 1. The second kappa shape index (κ2) is 4.53. The molecule has 14 heavy (non-hydrogen) atoms. The molecular weight excluding hydrogens is 174 g/mol. The minimum absolute atomic E-state index is 0.438. The monoisotopic (exact) mass is 191 g/mol. The molecule has 1 aliphatic rings. The zero-order valence-electron chi connectivity index (χ0n) is 8.32. The van der Waals surface area contributed by atoms with Crippen molar-refractivity contribution < 1.29 is 0 Å². The molecule has 0 radical (unpaired) electrons. The fourth-order valence-electron chi connectivity index (χ4n) is 1.80. The van der Waals surface area contributed by atoms with Gasteiger partial charge >= 0.3 is 0 Å². The summed E-state index contributed by atoms with van der Waals surface area (Å²) in [6.07, 6.45) is 7.03. The zero-order valence-corrected chi connectivity index (χ0v) is 8.32. The Kier molecular flexibility index (Phi) is 3.11. The number of rotatable bonds is 4. The summed E-state index contributed by atoms with van der Waals surface area (Å²) in [4.78, 5) is 3.99. The zero-order chi connectivity index (χ0) is 9.80. The predicted octanol–water partition coefficient (Wildman–Crippen LogP) is 0.703. The van der Waals surface area contributed by atoms with Gasteiger partial charge in [-0.15, -0.1) is 0 Å². The van der Waals surface area contributed by atoms with E-state index in [9.17, 15) is 0 Å². The van der Waals surface area contributed by atoms with E-state index in [2.05, 4.69) is 22.4 Å². The van der Waals surface area contributed by atoms with Crippen LogP contribution in [0.1, 0.15) is 18.4 Å². The minimum Gasteiger partial charge on any atom is -0.328 e. The Morgan fingerprint density at radius 1 is 1.36 bits per heavy atom. The first-order valence-electron chi connectivity index (χ1n) is 5.22. The summed E-state index contributed by atoms with van der Waals surface area (Å²) in [5, 5.41) is 3.50. The van der Waals surface area contributed by atoms with Crippen molar-refractivity contribution in [2.75, 3.05) is 6.54 Å². The molecule has 1 heterocycles. The second-order valence-electron chi connectivity index (χ2n) is 3.99. The van der Waals surface area contributed by atoms with Gasteiger partial charge in [-0.05, 0) is 43.5 Å². The number of nitrogens with zero attached hydrogens (tertiary/aromatic N) is 1. The van der Waals surface area contributed by atoms with E-state index in [-0.39, 0.29) is 0 Å². The standard InChI is InChI=1S/C11H17N3/c12-10-7-11(8-10)14-6-3-9-1-4-13-5-2-9/h1-2,4-5,10-11,14H,3,6-8,12H2. The van der Waals surface area contributed by atoms with Gasteiger partial charge in [-0.25, -0.2) is 0 Å². The van der Waals surface area contributed by atoms with Gasteiger partial charge in [0.15, 0.2) is 0 Å². The number of pyridine rings is 1. The average molecular weight is 191 g/mol. The van der Waals surface area contributed by atoms with Crippen molar-refractivity contribution >= 4 is 0 Å². The molecule has 0 aromatic carbocycles. The Balaban J connectivity index is 1.64. The fourth-order valence-corrected chi connectivity index (χ4v) is 1.80. The van der Waals surface area contributed by atoms with Gasteiger partial charge in [0, 0.05) is 24.5 Å². The third kappa shape index (κ3) is 2.53. The second-order valence-corrected chi connectivity index (χ2v) is 3.99. The number of aromatic nitrogens is 1. The van der Waals surface area contributed by atoms with Gasteiger partial charge in [0.05, 0.1) is 0 Å². The molecule has 1 fully saturated rings. The highest BCUT2D eigenvalue weighted by Crippen LogP contribution is 2.16. The highest BCUT2D eigenvalue weighted by Gasteiger charge is 2.24. The van der Waals surface area contributed by atoms with E-state index < -0.39 is 0 Å². The van der Waals surface area contributed by atoms with E-state index in [1.165, 1.54) is 5.56 Å². The summed E-state index contributed by atoms with van der Waals surface area (Å²) < 4.78 is 0. The van der Waals surface area contributed by atoms with E-state index in [1.54, 1.807) is 0 Å². The summed E-state index contributed by atoms with van der Waals surface area (Å²) in [5.74, 6) is 0. The lowest BCUT2D eigenvalue weighted by molar-refractivity contribution is 0.294. The molecular formula is C11H17N3. The topological polar surface area (TPSA) is 50.9 Å². The van der Waals surface area contributed by atoms with Crippen molar-refractivity contribution in [1.29, 1.82) is 0 Å². The van der Waals surface area contributed by atoms with Gasteiger partial charge in [0.2, 0.25) is 0 Å². The molecule has 1 saturated carbocycles. The minimum atomic E-state index is 0.438. The fraction of sp³-hybridized carbons (Fsp3) is 0.545. The van der Waals surface area contributed by atoms with Crippen molar-refractivity contribution in [1.82, 2.24) is 10.3 Å². The van der Waals surface area contributed by atoms with E-state index in [0.29, 0.717) is 12.1 Å². The Labute approximate surface area is 84.7 Å². The lowest BCUT2D eigenvalue weighted by Crippen LogP contribution is -2.48. The number of nitrogens with one attached hydrogen (secondary N) is 1. The van der Waals surface area contributed by atoms with Crippen LogP contribution in [0.15, 0.2) is 24.5 Å². The molecule has 0 amide bonds. The van der Waals surface area contributed by atoms with Crippen LogP contribution in [0, 0.1) is 0 Å². The molecule has 0 saturated heterocycles. The Bertz CT molecular complexity index is 267. The molecule has 2 rings (SSSR count). The van der Waals surface area contributed by atoms with Crippen LogP contribution in [0.4, 0.5) is 0 Å². The third-order valence-electron chi connectivity index (χ3n) is 2.77. The van der Waals surface area contributed by atoms with E-state index in [4.69, 9.17) is 5.73 Å². The Morgan fingerprint density at radius 2 is 2.07 bits per heavy atom. The lowest BCUT2D eigenvalue weighted by Gasteiger charge is -2.33. The van der Waals surface area contributed by atoms with Crippen molar-refractivity contribution in [3.05, 3.63) is 30.1 Å². The van der Waals surface area contributed by atoms with Crippen molar-refractivity contribution in [2.24, 2.45) is 5.73 Å². The molecule has 1 aromatic rings. The van der Waals surface area contributed by atoms with Crippen LogP contribution in [0.3, 0.4) is 0 Å². The Hall–Kier alpha value is -0.930. The first-order valence-corrected chi connectivity index (χ1v) is 5.22. The van der Waals surface area contributed by atoms with Gasteiger partial charge in [0.25, 0.3) is 0 Å². The van der Waals surface area contributed by atoms with Crippen LogP contribution in [-0.4, -0.2) is 23.6 Å². The maximum atomic E-state index is 5.70. The molecule has 0 unspecified atom stereocenters. The first-order chi connectivity index (χ1) is 6.84. The first kappa shape index (κ1) is 9.62. The largest absolute Gasteiger partial charge is 0.328 e. The average Bonchev–Trinajstić information content (AvgIpc) is 2.17. The van der Waals surface area contributed by atoms with Crippen LogP contribution in [-0.2, 0) is 6.42 Å². The quantitative estimate of drug-likeness (QED) is 0.736. The van der Waals surface area contributed by atoms with Gasteiger partial charge in [-0.2, -0.15) is 0 Å². The summed E-state index contributed by atoms with van der Waals surface area (Å²) >= 11 is 0. The molecule has 3 nitrogen and oxygen atoms in total. The molecule has 0 spiro atoms. The molecule has 0 atom stereocenters. The maximum absolute atomic E-state index is 5.70. The lowest BCUT2D eigenvalue weighted by atomic mass is 9.87. The van der Waals surface area contributed by atoms with Crippen LogP contribution < -0.4 is 11.1 Å². The van der Waals surface area contributed by atoms with Gasteiger partial charge in [-0.3, -0.25) is 4.98 Å². The molecule has 0 aliphatic heterocycles. The smallest absolute Gasteiger partial charge is 0.0270 e. The predicted molar refractivity (Wildman–Crippen MR) is 56.9 cm³/mol. The van der Waals surface area contributed by atoms with E-state index in [0.717, 1.165) is 25.8 Å². The van der Waals surface area contributed by atoms with Crippen molar-refractivity contribution in [3.63, 3.8) is 0 Å².